The highest BCUT2D eigenvalue weighted by Gasteiger charge is 2.29. The van der Waals surface area contributed by atoms with Gasteiger partial charge in [-0.1, -0.05) is 0 Å². The first-order chi connectivity index (χ1) is 6.03. The van der Waals surface area contributed by atoms with Crippen LogP contribution in [0.25, 0.3) is 0 Å². The maximum Gasteiger partial charge on any atom is 0.152 e. The van der Waals surface area contributed by atoms with Gasteiger partial charge in [-0.3, -0.25) is 0 Å². The van der Waals surface area contributed by atoms with E-state index < -0.39 is 9.84 Å². The molecule has 2 unspecified atom stereocenters. The average Bonchev–Trinajstić information content (AvgIpc) is 2.30. The van der Waals surface area contributed by atoms with Gasteiger partial charge >= 0.3 is 0 Å². The Kier molecular flexibility index (Phi) is 3.70. The van der Waals surface area contributed by atoms with E-state index in [-0.39, 0.29) is 23.7 Å². The highest BCUT2D eigenvalue weighted by molar-refractivity contribution is 7.91. The third kappa shape index (κ3) is 3.62. The van der Waals surface area contributed by atoms with E-state index in [4.69, 9.17) is 4.74 Å². The van der Waals surface area contributed by atoms with E-state index in [9.17, 15) is 8.42 Å². The molecule has 1 rings (SSSR count). The molecule has 4 nitrogen and oxygen atoms in total. The zero-order valence-corrected chi connectivity index (χ0v) is 8.93. The second-order valence-corrected chi connectivity index (χ2v) is 5.76. The van der Waals surface area contributed by atoms with Crippen molar-refractivity contribution in [2.45, 2.75) is 25.6 Å². The molecule has 1 fully saturated rings. The second kappa shape index (κ2) is 4.39. The molecule has 0 amide bonds. The lowest BCUT2D eigenvalue weighted by atomic mass is 10.3. The van der Waals surface area contributed by atoms with Gasteiger partial charge in [-0.25, -0.2) is 8.42 Å². The predicted octanol–water partition coefficient (Wildman–Crippen LogP) is -0.202. The lowest BCUT2D eigenvalue weighted by molar-refractivity contribution is 0.0144. The first-order valence-corrected chi connectivity index (χ1v) is 6.36. The normalized spacial score (nSPS) is 28.9. The Hall–Kier alpha value is -0.130. The summed E-state index contributed by atoms with van der Waals surface area (Å²) < 4.78 is 27.7. The van der Waals surface area contributed by atoms with Crippen molar-refractivity contribution in [2.24, 2.45) is 0 Å². The Morgan fingerprint density at radius 1 is 1.62 bits per heavy atom. The summed E-state index contributed by atoms with van der Waals surface area (Å²) in [6.45, 7) is 2.71. The van der Waals surface area contributed by atoms with Gasteiger partial charge in [0.2, 0.25) is 0 Å². The van der Waals surface area contributed by atoms with Crippen LogP contribution < -0.4 is 5.32 Å². The predicted molar refractivity (Wildman–Crippen MR) is 51.5 cm³/mol. The summed E-state index contributed by atoms with van der Waals surface area (Å²) in [6.07, 6.45) is 0.646. The van der Waals surface area contributed by atoms with Crippen LogP contribution in [-0.4, -0.2) is 45.7 Å². The van der Waals surface area contributed by atoms with Gasteiger partial charge < -0.3 is 10.1 Å². The summed E-state index contributed by atoms with van der Waals surface area (Å²) in [5.41, 5.74) is 0. The quantitative estimate of drug-likeness (QED) is 0.693. The van der Waals surface area contributed by atoms with Gasteiger partial charge in [0.25, 0.3) is 0 Å². The fraction of sp³-hybridized carbons (Fsp3) is 1.00. The molecule has 1 N–H and O–H groups in total. The Bertz CT molecular complexity index is 250. The van der Waals surface area contributed by atoms with Crippen molar-refractivity contribution in [1.82, 2.24) is 5.32 Å². The van der Waals surface area contributed by atoms with Crippen LogP contribution in [0.5, 0.6) is 0 Å². The van der Waals surface area contributed by atoms with Crippen LogP contribution in [0.3, 0.4) is 0 Å². The van der Waals surface area contributed by atoms with E-state index in [0.717, 1.165) is 6.54 Å². The smallest absolute Gasteiger partial charge is 0.152 e. The summed E-state index contributed by atoms with van der Waals surface area (Å²) in [4.78, 5) is 0. The second-order valence-electron chi connectivity index (χ2n) is 3.53. The summed E-state index contributed by atoms with van der Waals surface area (Å²) in [6, 6.07) is 0. The van der Waals surface area contributed by atoms with Crippen molar-refractivity contribution < 1.29 is 13.2 Å². The van der Waals surface area contributed by atoms with Crippen LogP contribution in [-0.2, 0) is 14.6 Å². The molecular formula is C8H17NO3S. The molecule has 78 valence electrons. The van der Waals surface area contributed by atoms with Crippen LogP contribution in [0.1, 0.15) is 13.3 Å². The summed E-state index contributed by atoms with van der Waals surface area (Å²) >= 11 is 0. The summed E-state index contributed by atoms with van der Waals surface area (Å²) in [7, 11) is -0.949. The van der Waals surface area contributed by atoms with Crippen LogP contribution in [0.4, 0.5) is 0 Å². The van der Waals surface area contributed by atoms with Crippen LogP contribution in [0, 0.1) is 0 Å². The van der Waals surface area contributed by atoms with Crippen molar-refractivity contribution >= 4 is 9.84 Å². The maximum absolute atomic E-state index is 11.1. The molecule has 0 saturated carbocycles. The molecule has 5 heteroatoms. The molecule has 1 aliphatic rings. The van der Waals surface area contributed by atoms with E-state index in [1.807, 2.05) is 14.0 Å². The van der Waals surface area contributed by atoms with Gasteiger partial charge in [0.15, 0.2) is 9.84 Å². The minimum absolute atomic E-state index is 0.0864. The molecule has 0 aromatic heterocycles. The topological polar surface area (TPSA) is 55.4 Å². The first-order valence-electron chi connectivity index (χ1n) is 4.54. The molecule has 0 bridgehead atoms. The van der Waals surface area contributed by atoms with Crippen molar-refractivity contribution in [2.75, 3.05) is 25.1 Å². The van der Waals surface area contributed by atoms with Gasteiger partial charge in [0, 0.05) is 6.54 Å². The van der Waals surface area contributed by atoms with Crippen LogP contribution in [0.15, 0.2) is 0 Å². The molecule has 0 aromatic carbocycles. The fourth-order valence-electron chi connectivity index (χ4n) is 1.53. The average molecular weight is 207 g/mol. The van der Waals surface area contributed by atoms with E-state index in [2.05, 4.69) is 5.32 Å². The monoisotopic (exact) mass is 207 g/mol. The molecule has 2 atom stereocenters. The zero-order chi connectivity index (χ0) is 9.90. The van der Waals surface area contributed by atoms with Gasteiger partial charge in [-0.05, 0) is 20.4 Å². The van der Waals surface area contributed by atoms with Crippen molar-refractivity contribution in [1.29, 1.82) is 0 Å². The molecule has 0 spiro atoms. The molecule has 1 heterocycles. The van der Waals surface area contributed by atoms with Gasteiger partial charge in [0.1, 0.15) is 0 Å². The SMILES string of the molecule is CNCC(C)OC1CCS(=O)(=O)C1. The van der Waals surface area contributed by atoms with E-state index in [0.29, 0.717) is 6.42 Å². The van der Waals surface area contributed by atoms with E-state index >= 15 is 0 Å². The number of hydrogen-bond acceptors (Lipinski definition) is 4. The third-order valence-electron chi connectivity index (χ3n) is 2.11. The van der Waals surface area contributed by atoms with Crippen LogP contribution >= 0.6 is 0 Å². The lowest BCUT2D eigenvalue weighted by Crippen LogP contribution is -2.28. The van der Waals surface area contributed by atoms with Gasteiger partial charge in [-0.15, -0.1) is 0 Å². The molecule has 0 aliphatic carbocycles. The Morgan fingerprint density at radius 3 is 2.77 bits per heavy atom. The third-order valence-corrected chi connectivity index (χ3v) is 3.84. The number of hydrogen-bond donors (Lipinski definition) is 1. The summed E-state index contributed by atoms with van der Waals surface area (Å²) in [5, 5.41) is 2.99. The van der Waals surface area contributed by atoms with E-state index in [1.54, 1.807) is 0 Å². The number of rotatable bonds is 4. The van der Waals surface area contributed by atoms with E-state index in [1.165, 1.54) is 0 Å². The fourth-order valence-corrected chi connectivity index (χ4v) is 3.13. The standard InChI is InChI=1S/C8H17NO3S/c1-7(5-9-2)12-8-3-4-13(10,11)6-8/h7-9H,3-6H2,1-2H3. The molecule has 0 aromatic rings. The Balaban J connectivity index is 2.32. The van der Waals surface area contributed by atoms with Crippen molar-refractivity contribution in [3.05, 3.63) is 0 Å². The zero-order valence-electron chi connectivity index (χ0n) is 8.12. The Morgan fingerprint density at radius 2 is 2.31 bits per heavy atom. The van der Waals surface area contributed by atoms with Crippen molar-refractivity contribution in [3.8, 4) is 0 Å². The van der Waals surface area contributed by atoms with Gasteiger partial charge in [-0.2, -0.15) is 0 Å². The molecule has 0 radical (unpaired) electrons. The molecular weight excluding hydrogens is 190 g/mol. The lowest BCUT2D eigenvalue weighted by Gasteiger charge is -2.16. The number of ether oxygens (including phenoxy) is 1. The number of sulfone groups is 1. The minimum Gasteiger partial charge on any atom is -0.373 e. The number of nitrogens with one attached hydrogen (secondary N) is 1. The molecule has 1 aliphatic heterocycles. The largest absolute Gasteiger partial charge is 0.373 e. The van der Waals surface area contributed by atoms with Crippen molar-refractivity contribution in [3.63, 3.8) is 0 Å². The highest BCUT2D eigenvalue weighted by atomic mass is 32.2. The maximum atomic E-state index is 11.1. The van der Waals surface area contributed by atoms with Gasteiger partial charge in [0.05, 0.1) is 23.7 Å². The van der Waals surface area contributed by atoms with Crippen LogP contribution in [0.2, 0.25) is 0 Å². The highest BCUT2D eigenvalue weighted by Crippen LogP contribution is 2.15. The summed E-state index contributed by atoms with van der Waals surface area (Å²) in [5.74, 6) is 0.477. The molecule has 13 heavy (non-hydrogen) atoms. The molecule has 1 saturated heterocycles. The minimum atomic E-state index is -2.80. The number of likely N-dealkylation sites (N-methyl/N-ethyl adjacent to an activating group) is 1. The Labute approximate surface area is 79.6 Å². The first kappa shape index (κ1) is 10.9.